The number of para-hydroxylation sites is 2. The predicted molar refractivity (Wildman–Crippen MR) is 468 cm³/mol. The number of aryl methyl sites for hydroxylation is 4. The van der Waals surface area contributed by atoms with E-state index < -0.39 is 0 Å². The Balaban J connectivity index is 0.000000274. The molecule has 3 unspecified atom stereocenters. The summed E-state index contributed by atoms with van der Waals surface area (Å²) in [6, 6.07) is 53.3. The summed E-state index contributed by atoms with van der Waals surface area (Å²) in [7, 11) is 4.05. The molecule has 3 aliphatic rings. The standard InChI is InChI=1S/C20H21N.C20H20N.C13H17ClN2.C13H28O2.C13H24O2.C10H10N2.C9H14.Ir/c2*1-13(2)16-5-6-19-17(12-16)7-8-21-20(19)18-10-14(3)9-15(4)11-18;1-13(2,14)12-15(3)9-10-16(12)11-7-5-4-6-8-11;2*1-5-10(6-2)12(14)9-13(15)11(7-3)8-4;1-11-7-8-12(9-11)10-5-3-2-4-6-10;1-3-4-5-9-7-6-8(9)2;/h5-13H,1-4H3;5-10,12-13H,1-4H3;4-10,12H,1-3H3;10-15H,5-9H2,1-4H3;10-11H,5-9H2,1-4H3;2-5,7-9H,1H3;3,7-8H,1,4-6H2,2H3;/q;-1;;;;-2;;+3/t;;;;;;8-;/m......1./s1. The zero-order valence-electron chi connectivity index (χ0n) is 70.7. The van der Waals surface area contributed by atoms with Crippen LogP contribution in [-0.4, -0.2) is 78.9 Å². The van der Waals surface area contributed by atoms with Gasteiger partial charge in [0.25, 0.3) is 0 Å². The molecule has 11 rings (SSSR count). The Morgan fingerprint density at radius 2 is 1.15 bits per heavy atom. The molecule has 0 saturated carbocycles. The molecule has 0 saturated heterocycles. The molecule has 0 bridgehead atoms. The van der Waals surface area contributed by atoms with E-state index in [9.17, 15) is 19.8 Å². The molecule has 2 aliphatic heterocycles. The Labute approximate surface area is 684 Å². The minimum absolute atomic E-state index is 0. The Bertz CT molecular complexity index is 3910. The molecule has 0 spiro atoms. The van der Waals surface area contributed by atoms with Crippen molar-refractivity contribution in [3.63, 3.8) is 0 Å². The van der Waals surface area contributed by atoms with E-state index in [0.29, 0.717) is 30.1 Å². The van der Waals surface area contributed by atoms with Gasteiger partial charge in [0.05, 0.1) is 29.2 Å². The molecule has 0 amide bonds. The SMILES string of the molecule is C=CCCC1=CC[C@H]1C.CCC(CC)C(=O)CC(=O)C(CC)CC.CCC(CC)C(O)CC(O)C(CC)CC.CN1C=CN(c2[c-]cccc2)[CH-]1.CN1C=CN(c2ccccc2)C1C(C)(C)Cl.Cc1[c-]c(-c2nccc3cc(C(C)C)ccc23)cc(C)c1.Cc1cc(C)cc(-c2nccc3cc(C(C)C)ccc23)c1.[Ir+3]. The number of hydrogen-bond donors (Lipinski definition) is 2. The number of ketones is 2. The van der Waals surface area contributed by atoms with Crippen LogP contribution in [0.1, 0.15) is 233 Å². The van der Waals surface area contributed by atoms with Gasteiger partial charge in [-0.25, -0.2) is 0 Å². The number of benzene rings is 6. The second-order valence-corrected chi connectivity index (χ2v) is 32.0. The third kappa shape index (κ3) is 29.5. The second kappa shape index (κ2) is 48.4. The topological polar surface area (TPSA) is 113 Å². The Kier molecular flexibility index (Phi) is 41.8. The Hall–Kier alpha value is -7.50. The molecule has 110 heavy (non-hydrogen) atoms. The minimum atomic E-state index is -0.337. The number of pyridine rings is 2. The summed E-state index contributed by atoms with van der Waals surface area (Å²) in [5, 5.41) is 24.9. The van der Waals surface area contributed by atoms with Crippen molar-refractivity contribution in [3.05, 3.63) is 247 Å². The molecule has 1 aliphatic carbocycles. The van der Waals surface area contributed by atoms with Crippen molar-refractivity contribution in [1.82, 2.24) is 19.8 Å². The number of rotatable bonds is 26. The van der Waals surface area contributed by atoms with Crippen molar-refractivity contribution >= 4 is 56.1 Å². The number of hydrogen-bond acceptors (Lipinski definition) is 10. The average molecular weight is 1690 g/mol. The maximum Gasteiger partial charge on any atom is 3.00 e. The predicted octanol–water partition coefficient (Wildman–Crippen LogP) is 25.4. The van der Waals surface area contributed by atoms with Gasteiger partial charge < -0.3 is 34.8 Å². The van der Waals surface area contributed by atoms with Crippen molar-refractivity contribution in [1.29, 1.82) is 0 Å². The summed E-state index contributed by atoms with van der Waals surface area (Å²) in [5.41, 5.74) is 16.0. The van der Waals surface area contributed by atoms with Gasteiger partial charge in [0.15, 0.2) is 0 Å². The van der Waals surface area contributed by atoms with Crippen molar-refractivity contribution < 1.29 is 39.9 Å². The monoisotopic (exact) mass is 1690 g/mol. The second-order valence-electron chi connectivity index (χ2n) is 31.0. The number of carbonyl (C=O) groups excluding carboxylic acids is 2. The number of nitrogens with zero attached hydrogens (tertiary/aromatic N) is 6. The van der Waals surface area contributed by atoms with Gasteiger partial charge in [0.2, 0.25) is 0 Å². The molecule has 2 aromatic heterocycles. The fourth-order valence-electron chi connectivity index (χ4n) is 14.4. The van der Waals surface area contributed by atoms with E-state index in [1.807, 2.05) is 145 Å². The van der Waals surface area contributed by atoms with Gasteiger partial charge in [-0.15, -0.1) is 58.8 Å². The van der Waals surface area contributed by atoms with Gasteiger partial charge in [-0.1, -0.05) is 219 Å². The first-order valence-electron chi connectivity index (χ1n) is 40.5. The smallest absolute Gasteiger partial charge is 0.510 e. The van der Waals surface area contributed by atoms with Gasteiger partial charge in [-0.05, 0) is 197 Å². The number of alkyl halides is 1. The van der Waals surface area contributed by atoms with Crippen LogP contribution in [0.5, 0.6) is 0 Å². The number of allylic oxidation sites excluding steroid dienone is 3. The molecule has 0 radical (unpaired) electrons. The van der Waals surface area contributed by atoms with Crippen LogP contribution in [0, 0.1) is 76.1 Å². The van der Waals surface area contributed by atoms with E-state index >= 15 is 0 Å². The molecule has 10 nitrogen and oxygen atoms in total. The van der Waals surface area contributed by atoms with E-state index in [-0.39, 0.29) is 73.2 Å². The van der Waals surface area contributed by atoms with Crippen molar-refractivity contribution in [2.75, 3.05) is 23.9 Å². The molecule has 6 aromatic carbocycles. The van der Waals surface area contributed by atoms with E-state index in [4.69, 9.17) is 11.6 Å². The summed E-state index contributed by atoms with van der Waals surface area (Å²) in [6.45, 7) is 45.9. The quantitative estimate of drug-likeness (QED) is 0.0235. The number of carbonyl (C=O) groups is 2. The number of aliphatic hydroxyl groups is 2. The molecule has 4 atom stereocenters. The van der Waals surface area contributed by atoms with E-state index in [1.54, 1.807) is 5.57 Å². The zero-order valence-corrected chi connectivity index (χ0v) is 73.8. The van der Waals surface area contributed by atoms with Crippen molar-refractivity contribution in [2.45, 2.75) is 250 Å². The molecular weight excluding hydrogens is 1550 g/mol. The number of fused-ring (bicyclic) bond motifs is 2. The first kappa shape index (κ1) is 94.9. The average Bonchev–Trinajstić information content (AvgIpc) is 1.10. The van der Waals surface area contributed by atoms with E-state index in [1.165, 1.54) is 73.5 Å². The largest absolute Gasteiger partial charge is 3.00 e. The number of anilines is 2. The van der Waals surface area contributed by atoms with Crippen LogP contribution in [0.2, 0.25) is 0 Å². The Morgan fingerprint density at radius 3 is 1.57 bits per heavy atom. The van der Waals surface area contributed by atoms with Crippen LogP contribution in [0.25, 0.3) is 44.1 Å². The summed E-state index contributed by atoms with van der Waals surface area (Å²) in [4.78, 5) is 40.8. The van der Waals surface area contributed by atoms with Gasteiger partial charge in [0, 0.05) is 60.3 Å². The summed E-state index contributed by atoms with van der Waals surface area (Å²) >= 11 is 6.46. The maximum atomic E-state index is 11.7. The minimum Gasteiger partial charge on any atom is -0.510 e. The first-order chi connectivity index (χ1) is 52.0. The van der Waals surface area contributed by atoms with Crippen molar-refractivity contribution in [2.24, 2.45) is 29.6 Å². The third-order valence-corrected chi connectivity index (χ3v) is 21.4. The molecule has 0 fully saturated rings. The number of aromatic nitrogens is 2. The molecule has 12 heteroatoms. The van der Waals surface area contributed by atoms with Gasteiger partial charge >= 0.3 is 20.1 Å². The molecule has 2 N–H and O–H groups in total. The maximum absolute atomic E-state index is 11.7. The van der Waals surface area contributed by atoms with Gasteiger partial charge in [-0.2, -0.15) is 37.0 Å². The fourth-order valence-corrected chi connectivity index (χ4v) is 14.6. The summed E-state index contributed by atoms with van der Waals surface area (Å²) < 4.78 is 0. The summed E-state index contributed by atoms with van der Waals surface area (Å²) in [6.07, 6.45) is 27.5. The molecule has 8 aromatic rings. The third-order valence-electron chi connectivity index (χ3n) is 21.2. The molecule has 4 heterocycles. The van der Waals surface area contributed by atoms with Crippen LogP contribution in [0.3, 0.4) is 0 Å². The van der Waals surface area contributed by atoms with Crippen LogP contribution in [-0.2, 0) is 29.7 Å². The van der Waals surface area contributed by atoms with Crippen LogP contribution >= 0.6 is 11.6 Å². The fraction of sp³-hybridized carbons (Fsp3) is 0.459. The van der Waals surface area contributed by atoms with Gasteiger partial charge in [0.1, 0.15) is 17.7 Å². The number of halogens is 1. The van der Waals surface area contributed by atoms with Crippen LogP contribution in [0.15, 0.2) is 195 Å². The van der Waals surface area contributed by atoms with Crippen LogP contribution in [0.4, 0.5) is 11.4 Å². The van der Waals surface area contributed by atoms with Crippen LogP contribution < -0.4 is 9.80 Å². The van der Waals surface area contributed by atoms with E-state index in [0.717, 1.165) is 91.9 Å². The van der Waals surface area contributed by atoms with E-state index in [2.05, 4.69) is 238 Å². The number of Topliss-reactive ketones (excluding diaryl/α,β-unsaturated/α-hetero) is 2. The Morgan fingerprint density at radius 1 is 0.636 bits per heavy atom. The van der Waals surface area contributed by atoms with Crippen molar-refractivity contribution in [3.8, 4) is 22.5 Å². The normalized spacial score (nSPS) is 14.7. The molecular formula is C98H134ClIrN6O4. The zero-order chi connectivity index (χ0) is 80.5. The molecule has 596 valence electrons. The van der Waals surface area contributed by atoms with Gasteiger partial charge in [-0.3, -0.25) is 14.6 Å². The number of aliphatic hydroxyl groups excluding tert-OH is 2. The first-order valence-corrected chi connectivity index (χ1v) is 40.9. The summed E-state index contributed by atoms with van der Waals surface area (Å²) in [5.74, 6) is 3.08.